The largest absolute Gasteiger partial charge is 0.461 e. The number of ether oxygens (including phenoxy) is 1. The Labute approximate surface area is 138 Å². The summed E-state index contributed by atoms with van der Waals surface area (Å²) in [6, 6.07) is 10.1. The number of hydrogen-bond acceptors (Lipinski definition) is 5. The molecule has 2 heterocycles. The van der Waals surface area contributed by atoms with Crippen molar-refractivity contribution < 1.29 is 14.3 Å². The molecule has 1 saturated heterocycles. The van der Waals surface area contributed by atoms with Gasteiger partial charge in [-0.1, -0.05) is 30.3 Å². The maximum Gasteiger partial charge on any atom is 0.357 e. The van der Waals surface area contributed by atoms with Crippen molar-refractivity contribution in [1.82, 2.24) is 9.88 Å². The van der Waals surface area contributed by atoms with Gasteiger partial charge in [0, 0.05) is 30.8 Å². The topological polar surface area (TPSA) is 59.5 Å². The Balaban J connectivity index is 1.45. The summed E-state index contributed by atoms with van der Waals surface area (Å²) in [5, 5.41) is 1.66. The minimum Gasteiger partial charge on any atom is -0.461 e. The molecule has 1 atom stereocenters. The monoisotopic (exact) mass is 330 g/mol. The summed E-state index contributed by atoms with van der Waals surface area (Å²) < 4.78 is 5.26. The fourth-order valence-corrected chi connectivity index (χ4v) is 3.19. The van der Waals surface area contributed by atoms with Gasteiger partial charge in [0.25, 0.3) is 0 Å². The Morgan fingerprint density at radius 3 is 2.91 bits per heavy atom. The summed E-state index contributed by atoms with van der Waals surface area (Å²) in [6.45, 7) is 1.62. The van der Waals surface area contributed by atoms with Gasteiger partial charge in [0.15, 0.2) is 5.69 Å². The van der Waals surface area contributed by atoms with E-state index >= 15 is 0 Å². The molecule has 1 aliphatic rings. The van der Waals surface area contributed by atoms with E-state index in [0.717, 1.165) is 6.42 Å². The van der Waals surface area contributed by atoms with Crippen molar-refractivity contribution in [2.24, 2.45) is 5.92 Å². The second-order valence-corrected chi connectivity index (χ2v) is 6.34. The van der Waals surface area contributed by atoms with Crippen LogP contribution in [0.25, 0.3) is 0 Å². The molecule has 1 aliphatic heterocycles. The number of benzene rings is 1. The maximum absolute atomic E-state index is 12.1. The number of esters is 1. The van der Waals surface area contributed by atoms with Gasteiger partial charge in [-0.05, 0) is 12.0 Å². The van der Waals surface area contributed by atoms with Gasteiger partial charge in [0.05, 0.1) is 12.1 Å². The van der Waals surface area contributed by atoms with Crippen molar-refractivity contribution in [3.63, 3.8) is 0 Å². The lowest BCUT2D eigenvalue weighted by Gasteiger charge is -2.16. The number of likely N-dealkylation sites (tertiary alicyclic amines) is 1. The molecule has 6 heteroatoms. The molecule has 0 radical (unpaired) electrons. The van der Waals surface area contributed by atoms with Crippen LogP contribution in [0.15, 0.2) is 41.2 Å². The second-order valence-electron chi connectivity index (χ2n) is 5.62. The summed E-state index contributed by atoms with van der Waals surface area (Å²) in [4.78, 5) is 29.6. The predicted molar refractivity (Wildman–Crippen MR) is 87.2 cm³/mol. The molecule has 0 saturated carbocycles. The fourth-order valence-electron chi connectivity index (χ4n) is 2.67. The zero-order valence-corrected chi connectivity index (χ0v) is 13.5. The minimum atomic E-state index is -0.415. The van der Waals surface area contributed by atoms with Crippen LogP contribution in [0.4, 0.5) is 0 Å². The molecular weight excluding hydrogens is 312 g/mol. The maximum atomic E-state index is 12.1. The number of aromatic nitrogens is 1. The first-order valence-electron chi connectivity index (χ1n) is 7.59. The molecule has 0 bridgehead atoms. The first-order chi connectivity index (χ1) is 11.2. The zero-order valence-electron chi connectivity index (χ0n) is 12.7. The average molecular weight is 330 g/mol. The summed E-state index contributed by atoms with van der Waals surface area (Å²) >= 11 is 1.36. The van der Waals surface area contributed by atoms with E-state index in [2.05, 4.69) is 17.1 Å². The molecule has 0 N–H and O–H groups in total. The molecule has 2 aromatic rings. The highest BCUT2D eigenvalue weighted by Crippen LogP contribution is 2.19. The highest BCUT2D eigenvalue weighted by atomic mass is 32.1. The van der Waals surface area contributed by atoms with Gasteiger partial charge in [-0.25, -0.2) is 9.78 Å². The van der Waals surface area contributed by atoms with E-state index in [1.165, 1.54) is 16.9 Å². The molecule has 0 aliphatic carbocycles. The molecule has 1 aromatic carbocycles. The van der Waals surface area contributed by atoms with Crippen molar-refractivity contribution in [2.45, 2.75) is 12.8 Å². The highest BCUT2D eigenvalue weighted by Gasteiger charge is 2.30. The van der Waals surface area contributed by atoms with Gasteiger partial charge in [-0.2, -0.15) is 0 Å². The van der Waals surface area contributed by atoms with Crippen LogP contribution in [0.2, 0.25) is 0 Å². The third-order valence-electron chi connectivity index (χ3n) is 3.90. The van der Waals surface area contributed by atoms with Crippen LogP contribution in [0.5, 0.6) is 0 Å². The third-order valence-corrected chi connectivity index (χ3v) is 4.49. The Morgan fingerprint density at radius 1 is 1.35 bits per heavy atom. The average Bonchev–Trinajstić information content (AvgIpc) is 3.22. The van der Waals surface area contributed by atoms with Gasteiger partial charge in [-0.15, -0.1) is 11.3 Å². The molecule has 3 rings (SSSR count). The van der Waals surface area contributed by atoms with Gasteiger partial charge >= 0.3 is 5.97 Å². The SMILES string of the molecule is O=C(OCC1CC(=O)N(CCc2ccccc2)C1)c1cscn1. The lowest BCUT2D eigenvalue weighted by molar-refractivity contribution is -0.127. The molecule has 1 fully saturated rings. The van der Waals surface area contributed by atoms with Crippen LogP contribution in [0, 0.1) is 5.92 Å². The quantitative estimate of drug-likeness (QED) is 0.763. The van der Waals surface area contributed by atoms with Crippen molar-refractivity contribution in [3.05, 3.63) is 52.5 Å². The number of thiazole rings is 1. The molecule has 1 amide bonds. The van der Waals surface area contributed by atoms with Crippen LogP contribution in [0.3, 0.4) is 0 Å². The van der Waals surface area contributed by atoms with E-state index in [4.69, 9.17) is 4.74 Å². The van der Waals surface area contributed by atoms with E-state index in [1.807, 2.05) is 23.1 Å². The number of hydrogen-bond donors (Lipinski definition) is 0. The van der Waals surface area contributed by atoms with Crippen molar-refractivity contribution in [2.75, 3.05) is 19.7 Å². The number of amides is 1. The van der Waals surface area contributed by atoms with Gasteiger partial charge in [0.2, 0.25) is 5.91 Å². The van der Waals surface area contributed by atoms with Crippen molar-refractivity contribution in [1.29, 1.82) is 0 Å². The summed E-state index contributed by atoms with van der Waals surface area (Å²) in [5.74, 6) is -0.210. The van der Waals surface area contributed by atoms with Gasteiger partial charge in [0.1, 0.15) is 0 Å². The molecular formula is C17H18N2O3S. The third kappa shape index (κ3) is 4.16. The lowest BCUT2D eigenvalue weighted by atomic mass is 10.1. The Hall–Kier alpha value is -2.21. The van der Waals surface area contributed by atoms with E-state index in [1.54, 1.807) is 10.9 Å². The molecule has 0 spiro atoms. The van der Waals surface area contributed by atoms with Crippen molar-refractivity contribution >= 4 is 23.2 Å². The highest BCUT2D eigenvalue weighted by molar-refractivity contribution is 7.07. The minimum absolute atomic E-state index is 0.0702. The summed E-state index contributed by atoms with van der Waals surface area (Å²) in [5.41, 5.74) is 3.15. The zero-order chi connectivity index (χ0) is 16.1. The fraction of sp³-hybridized carbons (Fsp3) is 0.353. The Bertz CT molecular complexity index is 658. The Kier molecular flexibility index (Phi) is 5.02. The smallest absolute Gasteiger partial charge is 0.357 e. The molecule has 1 unspecified atom stereocenters. The van der Waals surface area contributed by atoms with E-state index in [9.17, 15) is 9.59 Å². The standard InChI is InChI=1S/C17H18N2O3S/c20-16-8-14(10-22-17(21)15-11-23-12-18-15)9-19(16)7-6-13-4-2-1-3-5-13/h1-5,11-12,14H,6-10H2. The van der Waals surface area contributed by atoms with Crippen LogP contribution in [-0.4, -0.2) is 41.5 Å². The molecule has 120 valence electrons. The van der Waals surface area contributed by atoms with Gasteiger partial charge in [-0.3, -0.25) is 4.79 Å². The lowest BCUT2D eigenvalue weighted by Crippen LogP contribution is -2.28. The van der Waals surface area contributed by atoms with Crippen molar-refractivity contribution in [3.8, 4) is 0 Å². The number of carbonyl (C=O) groups is 2. The van der Waals surface area contributed by atoms with E-state index < -0.39 is 5.97 Å². The second kappa shape index (κ2) is 7.37. The van der Waals surface area contributed by atoms with Gasteiger partial charge < -0.3 is 9.64 Å². The number of carbonyl (C=O) groups excluding carboxylic acids is 2. The first kappa shape index (κ1) is 15.7. The van der Waals surface area contributed by atoms with Crippen LogP contribution in [-0.2, 0) is 16.0 Å². The number of nitrogens with zero attached hydrogens (tertiary/aromatic N) is 2. The summed E-state index contributed by atoms with van der Waals surface area (Å²) in [7, 11) is 0. The van der Waals surface area contributed by atoms with E-state index in [-0.39, 0.29) is 18.4 Å². The van der Waals surface area contributed by atoms with Crippen LogP contribution >= 0.6 is 11.3 Å². The molecule has 1 aromatic heterocycles. The first-order valence-corrected chi connectivity index (χ1v) is 8.53. The summed E-state index contributed by atoms with van der Waals surface area (Å²) in [6.07, 6.45) is 1.29. The molecule has 23 heavy (non-hydrogen) atoms. The van der Waals surface area contributed by atoms with Crippen LogP contribution < -0.4 is 0 Å². The van der Waals surface area contributed by atoms with E-state index in [0.29, 0.717) is 25.2 Å². The normalized spacial score (nSPS) is 17.5. The van der Waals surface area contributed by atoms with Crippen LogP contribution in [0.1, 0.15) is 22.5 Å². The predicted octanol–water partition coefficient (Wildman–Crippen LogP) is 2.39. The Morgan fingerprint density at radius 2 is 2.17 bits per heavy atom. The number of rotatable bonds is 6. The molecule has 5 nitrogen and oxygen atoms in total.